The molecule has 1 unspecified atom stereocenters. The summed E-state index contributed by atoms with van der Waals surface area (Å²) in [5, 5.41) is 4.51. The van der Waals surface area contributed by atoms with E-state index in [0.29, 0.717) is 18.5 Å². The van der Waals surface area contributed by atoms with Crippen LogP contribution in [-0.2, 0) is 11.3 Å². The summed E-state index contributed by atoms with van der Waals surface area (Å²) in [5.41, 5.74) is 2.88. The summed E-state index contributed by atoms with van der Waals surface area (Å²) in [5.74, 6) is 0.127. The number of hydrogen-bond acceptors (Lipinski definition) is 1. The van der Waals surface area contributed by atoms with Crippen molar-refractivity contribution in [2.75, 3.05) is 0 Å². The van der Waals surface area contributed by atoms with Gasteiger partial charge in [-0.3, -0.25) is 4.79 Å². The highest BCUT2D eigenvalue weighted by Crippen LogP contribution is 2.31. The molecule has 3 aromatic rings. The molecule has 0 aliphatic carbocycles. The first-order valence-electron chi connectivity index (χ1n) is 9.98. The van der Waals surface area contributed by atoms with Gasteiger partial charge in [-0.05, 0) is 23.1 Å². The summed E-state index contributed by atoms with van der Waals surface area (Å²) in [7, 11) is -1.78. The molecule has 144 valence electrons. The van der Waals surface area contributed by atoms with Gasteiger partial charge in [-0.1, -0.05) is 109 Å². The fourth-order valence-corrected chi connectivity index (χ4v) is 7.20. The SMILES string of the molecule is C[Si](C)(c1ccccc1)C(CCC(=O)NCc1ccccc1)c1ccccc1. The normalized spacial score (nSPS) is 12.4. The van der Waals surface area contributed by atoms with Crippen LogP contribution >= 0.6 is 0 Å². The van der Waals surface area contributed by atoms with Crippen LogP contribution in [0.2, 0.25) is 13.1 Å². The average Bonchev–Trinajstić information content (AvgIpc) is 2.74. The summed E-state index contributed by atoms with van der Waals surface area (Å²) >= 11 is 0. The summed E-state index contributed by atoms with van der Waals surface area (Å²) in [6, 6.07) is 31.6. The van der Waals surface area contributed by atoms with Crippen LogP contribution in [0.3, 0.4) is 0 Å². The average molecular weight is 388 g/mol. The largest absolute Gasteiger partial charge is 0.352 e. The Balaban J connectivity index is 1.70. The number of carbonyl (C=O) groups is 1. The molecule has 0 saturated heterocycles. The fraction of sp³-hybridized carbons (Fsp3) is 0.240. The van der Waals surface area contributed by atoms with E-state index in [1.54, 1.807) is 0 Å². The number of nitrogens with one attached hydrogen (secondary N) is 1. The zero-order chi connectivity index (χ0) is 19.8. The van der Waals surface area contributed by atoms with Crippen LogP contribution in [0.25, 0.3) is 0 Å². The second-order valence-corrected chi connectivity index (χ2v) is 12.6. The molecule has 0 aromatic heterocycles. The van der Waals surface area contributed by atoms with Gasteiger partial charge in [-0.2, -0.15) is 0 Å². The van der Waals surface area contributed by atoms with Crippen molar-refractivity contribution in [2.24, 2.45) is 0 Å². The Morgan fingerprint density at radius 2 is 1.36 bits per heavy atom. The summed E-state index contributed by atoms with van der Waals surface area (Å²) in [6.45, 7) is 5.43. The van der Waals surface area contributed by atoms with Crippen molar-refractivity contribution in [3.05, 3.63) is 102 Å². The highest BCUT2D eigenvalue weighted by atomic mass is 28.3. The first kappa shape index (κ1) is 20.1. The van der Waals surface area contributed by atoms with E-state index in [-0.39, 0.29) is 5.91 Å². The molecule has 3 rings (SSSR count). The Bertz CT molecular complexity index is 863. The third-order valence-corrected chi connectivity index (χ3v) is 9.77. The van der Waals surface area contributed by atoms with Gasteiger partial charge in [0.15, 0.2) is 0 Å². The lowest BCUT2D eigenvalue weighted by Crippen LogP contribution is -2.48. The van der Waals surface area contributed by atoms with Crippen molar-refractivity contribution in [1.29, 1.82) is 0 Å². The maximum absolute atomic E-state index is 12.5. The molecule has 0 radical (unpaired) electrons. The van der Waals surface area contributed by atoms with Gasteiger partial charge in [0.05, 0.1) is 8.07 Å². The van der Waals surface area contributed by atoms with E-state index in [4.69, 9.17) is 0 Å². The van der Waals surface area contributed by atoms with Gasteiger partial charge in [0.1, 0.15) is 0 Å². The second kappa shape index (κ2) is 9.51. The van der Waals surface area contributed by atoms with Crippen LogP contribution in [-0.4, -0.2) is 14.0 Å². The molecule has 2 nitrogen and oxygen atoms in total. The van der Waals surface area contributed by atoms with Crippen molar-refractivity contribution >= 4 is 19.2 Å². The highest BCUT2D eigenvalue weighted by Gasteiger charge is 2.34. The van der Waals surface area contributed by atoms with Gasteiger partial charge in [-0.25, -0.2) is 0 Å². The Kier molecular flexibility index (Phi) is 6.83. The number of rotatable bonds is 8. The molecular formula is C25H29NOSi. The molecule has 0 spiro atoms. The maximum Gasteiger partial charge on any atom is 0.220 e. The summed E-state index contributed by atoms with van der Waals surface area (Å²) in [4.78, 5) is 12.5. The molecule has 0 heterocycles. The van der Waals surface area contributed by atoms with E-state index in [1.165, 1.54) is 10.8 Å². The topological polar surface area (TPSA) is 29.1 Å². The number of amides is 1. The first-order valence-corrected chi connectivity index (χ1v) is 13.1. The van der Waals surface area contributed by atoms with E-state index >= 15 is 0 Å². The van der Waals surface area contributed by atoms with Gasteiger partial charge in [0, 0.05) is 13.0 Å². The number of hydrogen-bond donors (Lipinski definition) is 1. The highest BCUT2D eigenvalue weighted by molar-refractivity contribution is 6.90. The zero-order valence-corrected chi connectivity index (χ0v) is 17.8. The predicted molar refractivity (Wildman–Crippen MR) is 120 cm³/mol. The second-order valence-electron chi connectivity index (χ2n) is 7.85. The van der Waals surface area contributed by atoms with Gasteiger partial charge >= 0.3 is 0 Å². The van der Waals surface area contributed by atoms with Crippen molar-refractivity contribution in [1.82, 2.24) is 5.32 Å². The lowest BCUT2D eigenvalue weighted by atomic mass is 10.1. The van der Waals surface area contributed by atoms with Crippen LogP contribution in [0.1, 0.15) is 29.5 Å². The molecule has 0 aliphatic heterocycles. The summed E-state index contributed by atoms with van der Waals surface area (Å²) < 4.78 is 0. The minimum Gasteiger partial charge on any atom is -0.352 e. The van der Waals surface area contributed by atoms with Crippen LogP contribution in [0.15, 0.2) is 91.0 Å². The van der Waals surface area contributed by atoms with Gasteiger partial charge in [0.2, 0.25) is 5.91 Å². The molecule has 1 atom stereocenters. The summed E-state index contributed by atoms with van der Waals surface area (Å²) in [6.07, 6.45) is 1.43. The van der Waals surface area contributed by atoms with E-state index in [2.05, 4.69) is 79.1 Å². The smallest absolute Gasteiger partial charge is 0.220 e. The Hall–Kier alpha value is -2.65. The minimum atomic E-state index is -1.78. The molecule has 0 saturated carbocycles. The van der Waals surface area contributed by atoms with Crippen LogP contribution in [0, 0.1) is 0 Å². The predicted octanol–water partition coefficient (Wildman–Crippen LogP) is 5.02. The first-order chi connectivity index (χ1) is 13.6. The van der Waals surface area contributed by atoms with Gasteiger partial charge < -0.3 is 5.32 Å². The third kappa shape index (κ3) is 5.20. The van der Waals surface area contributed by atoms with Gasteiger partial charge in [-0.15, -0.1) is 0 Å². The maximum atomic E-state index is 12.5. The monoisotopic (exact) mass is 387 g/mol. The Labute approximate surface area is 169 Å². The van der Waals surface area contributed by atoms with E-state index in [1.807, 2.05) is 30.3 Å². The fourth-order valence-electron chi connectivity index (χ4n) is 3.86. The molecule has 0 bridgehead atoms. The molecule has 1 amide bonds. The Morgan fingerprint density at radius 1 is 0.821 bits per heavy atom. The van der Waals surface area contributed by atoms with E-state index in [0.717, 1.165) is 12.0 Å². The third-order valence-electron chi connectivity index (χ3n) is 5.58. The molecule has 28 heavy (non-hydrogen) atoms. The van der Waals surface area contributed by atoms with Crippen molar-refractivity contribution in [3.8, 4) is 0 Å². The van der Waals surface area contributed by atoms with Crippen LogP contribution in [0.5, 0.6) is 0 Å². The standard InChI is InChI=1S/C25H29NOSi/c1-28(2,23-16-10-5-11-17-23)24(22-14-8-4-9-15-22)18-19-25(27)26-20-21-12-6-3-7-13-21/h3-17,24H,18-20H2,1-2H3,(H,26,27). The van der Waals surface area contributed by atoms with Crippen LogP contribution < -0.4 is 10.5 Å². The van der Waals surface area contributed by atoms with Crippen molar-refractivity contribution in [2.45, 2.75) is 38.0 Å². The molecule has 3 heteroatoms. The molecule has 0 fully saturated rings. The van der Waals surface area contributed by atoms with E-state index in [9.17, 15) is 4.79 Å². The lowest BCUT2D eigenvalue weighted by Gasteiger charge is -2.33. The number of carbonyl (C=O) groups excluding carboxylic acids is 1. The van der Waals surface area contributed by atoms with E-state index < -0.39 is 8.07 Å². The molecule has 3 aromatic carbocycles. The van der Waals surface area contributed by atoms with Crippen molar-refractivity contribution < 1.29 is 4.79 Å². The minimum absolute atomic E-state index is 0.127. The molecule has 1 N–H and O–H groups in total. The zero-order valence-electron chi connectivity index (χ0n) is 16.8. The quantitative estimate of drug-likeness (QED) is 0.540. The Morgan fingerprint density at radius 3 is 1.96 bits per heavy atom. The number of benzene rings is 3. The lowest BCUT2D eigenvalue weighted by molar-refractivity contribution is -0.121. The molecular weight excluding hydrogens is 358 g/mol. The molecule has 0 aliphatic rings. The van der Waals surface area contributed by atoms with Gasteiger partial charge in [0.25, 0.3) is 0 Å². The van der Waals surface area contributed by atoms with Crippen molar-refractivity contribution in [3.63, 3.8) is 0 Å². The van der Waals surface area contributed by atoms with Crippen LogP contribution in [0.4, 0.5) is 0 Å².